The van der Waals surface area contributed by atoms with E-state index in [1.165, 1.54) is 0 Å². The van der Waals surface area contributed by atoms with Crippen molar-refractivity contribution in [3.63, 3.8) is 0 Å². The van der Waals surface area contributed by atoms with E-state index in [2.05, 4.69) is 0 Å². The van der Waals surface area contributed by atoms with Crippen molar-refractivity contribution in [1.29, 1.82) is 0 Å². The molecule has 0 bridgehead atoms. The van der Waals surface area contributed by atoms with Crippen molar-refractivity contribution in [3.05, 3.63) is 0 Å². The van der Waals surface area contributed by atoms with Gasteiger partial charge in [0.25, 0.3) is 0 Å². The van der Waals surface area contributed by atoms with Crippen molar-refractivity contribution < 1.29 is 17.0 Å². The van der Waals surface area contributed by atoms with Gasteiger partial charge in [-0.3, -0.25) is 0 Å². The fourth-order valence-electron chi connectivity index (χ4n) is 1.16. The first-order chi connectivity index (χ1) is 4.99. The molecule has 0 radical (unpaired) electrons. The molecule has 1 heterocycles. The molecule has 1 rings (SSSR count). The average Bonchev–Trinajstić information content (AvgIpc) is 2.12. The minimum atomic E-state index is -4.37. The Morgan fingerprint density at radius 2 is 2.27 bits per heavy atom. The van der Waals surface area contributed by atoms with Crippen LogP contribution in [0.5, 0.6) is 0 Å². The summed E-state index contributed by atoms with van der Waals surface area (Å²) >= 11 is 0. The maximum Gasteiger partial charge on any atom is 0.304 e. The molecule has 1 aliphatic heterocycles. The molecule has 2 atom stereocenters. The lowest BCUT2D eigenvalue weighted by molar-refractivity contribution is 0.111. The van der Waals surface area contributed by atoms with Crippen molar-refractivity contribution in [1.82, 2.24) is 0 Å². The second-order valence-electron chi connectivity index (χ2n) is 2.88. The molecule has 0 spiro atoms. The van der Waals surface area contributed by atoms with Crippen LogP contribution in [-0.4, -0.2) is 26.9 Å². The minimum absolute atomic E-state index is 0.153. The topological polar surface area (TPSA) is 43.4 Å². The zero-order valence-corrected chi connectivity index (χ0v) is 7.10. The Morgan fingerprint density at radius 3 is 2.64 bits per heavy atom. The van der Waals surface area contributed by atoms with E-state index < -0.39 is 22.1 Å². The zero-order chi connectivity index (χ0) is 8.48. The van der Waals surface area contributed by atoms with Crippen molar-refractivity contribution >= 4 is 10.2 Å². The van der Waals surface area contributed by atoms with E-state index in [0.29, 0.717) is 6.61 Å². The number of hydrogen-bond acceptors (Lipinski definition) is 3. The number of hydrogen-bond donors (Lipinski definition) is 0. The highest BCUT2D eigenvalue weighted by atomic mass is 32.3. The van der Waals surface area contributed by atoms with E-state index in [1.807, 2.05) is 6.92 Å². The maximum atomic E-state index is 12.1. The summed E-state index contributed by atoms with van der Waals surface area (Å²) in [5.41, 5.74) is 0. The van der Waals surface area contributed by atoms with Crippen LogP contribution >= 0.6 is 0 Å². The highest BCUT2D eigenvalue weighted by molar-refractivity contribution is 7.86. The van der Waals surface area contributed by atoms with Crippen LogP contribution in [0.2, 0.25) is 0 Å². The molecule has 0 aromatic rings. The van der Waals surface area contributed by atoms with Gasteiger partial charge >= 0.3 is 10.2 Å². The average molecular weight is 182 g/mol. The predicted octanol–water partition coefficient (Wildman–Crippen LogP) is 0.711. The smallest absolute Gasteiger partial charge is 0.304 e. The lowest BCUT2D eigenvalue weighted by Gasteiger charge is -2.10. The first-order valence-corrected chi connectivity index (χ1v) is 5.08. The lowest BCUT2D eigenvalue weighted by atomic mass is 10.1. The minimum Gasteiger partial charge on any atom is -0.377 e. The van der Waals surface area contributed by atoms with E-state index >= 15 is 0 Å². The van der Waals surface area contributed by atoms with Gasteiger partial charge in [-0.15, -0.1) is 3.89 Å². The quantitative estimate of drug-likeness (QED) is 0.591. The third-order valence-electron chi connectivity index (χ3n) is 1.90. The molecular formula is C6H11FO3S. The van der Waals surface area contributed by atoms with Crippen molar-refractivity contribution in [2.75, 3.05) is 12.4 Å². The van der Waals surface area contributed by atoms with E-state index in [0.717, 1.165) is 6.42 Å². The van der Waals surface area contributed by atoms with Gasteiger partial charge in [-0.05, 0) is 12.3 Å². The van der Waals surface area contributed by atoms with Crippen LogP contribution in [0.1, 0.15) is 13.3 Å². The molecule has 66 valence electrons. The standard InChI is InChI=1S/C6H11FO3S/c1-5-2-3-10-6(5)4-11(7,8)9/h5-6H,2-4H2,1H3/t5-,6-/m1/s1. The van der Waals surface area contributed by atoms with Crippen LogP contribution in [0, 0.1) is 5.92 Å². The summed E-state index contributed by atoms with van der Waals surface area (Å²) < 4.78 is 37.5. The SMILES string of the molecule is C[C@@H]1CCO[C@@H]1CS(=O)(=O)F. The summed E-state index contributed by atoms with van der Waals surface area (Å²) in [5.74, 6) is -0.339. The van der Waals surface area contributed by atoms with E-state index in [9.17, 15) is 12.3 Å². The normalized spacial score (nSPS) is 32.5. The monoisotopic (exact) mass is 182 g/mol. The van der Waals surface area contributed by atoms with E-state index in [1.54, 1.807) is 0 Å². The van der Waals surface area contributed by atoms with Gasteiger partial charge in [-0.1, -0.05) is 6.92 Å². The summed E-state index contributed by atoms with van der Waals surface area (Å²) in [6, 6.07) is 0. The van der Waals surface area contributed by atoms with Gasteiger partial charge in [0.15, 0.2) is 0 Å². The highest BCUT2D eigenvalue weighted by Crippen LogP contribution is 2.21. The molecule has 1 saturated heterocycles. The van der Waals surface area contributed by atoms with E-state index in [-0.39, 0.29) is 5.92 Å². The molecule has 0 unspecified atom stereocenters. The summed E-state index contributed by atoms with van der Waals surface area (Å²) in [6.07, 6.45) is 0.380. The molecule has 0 aromatic carbocycles. The van der Waals surface area contributed by atoms with Crippen molar-refractivity contribution in [2.45, 2.75) is 19.4 Å². The molecular weight excluding hydrogens is 171 g/mol. The summed E-state index contributed by atoms with van der Waals surface area (Å²) in [6.45, 7) is 2.41. The number of rotatable bonds is 2. The second kappa shape index (κ2) is 3.06. The number of halogens is 1. The summed E-state index contributed by atoms with van der Waals surface area (Å²) in [5, 5.41) is 0. The largest absolute Gasteiger partial charge is 0.377 e. The fourth-order valence-corrected chi connectivity index (χ4v) is 1.98. The molecule has 0 saturated carbocycles. The fraction of sp³-hybridized carbons (Fsp3) is 1.00. The molecule has 11 heavy (non-hydrogen) atoms. The van der Waals surface area contributed by atoms with Gasteiger partial charge in [0, 0.05) is 6.61 Å². The molecule has 0 amide bonds. The molecule has 1 aliphatic rings. The van der Waals surface area contributed by atoms with Crippen LogP contribution < -0.4 is 0 Å². The Kier molecular flexibility index (Phi) is 2.49. The Labute approximate surface area is 65.8 Å². The Hall–Kier alpha value is -0.160. The molecule has 5 heteroatoms. The molecule has 0 aliphatic carbocycles. The molecule has 0 N–H and O–H groups in total. The predicted molar refractivity (Wildman–Crippen MR) is 38.4 cm³/mol. The summed E-state index contributed by atoms with van der Waals surface area (Å²) in [7, 11) is -4.37. The van der Waals surface area contributed by atoms with Crippen LogP contribution in [0.15, 0.2) is 0 Å². The third kappa shape index (κ3) is 2.75. The molecule has 3 nitrogen and oxygen atoms in total. The van der Waals surface area contributed by atoms with E-state index in [4.69, 9.17) is 4.74 Å². The van der Waals surface area contributed by atoms with Crippen molar-refractivity contribution in [2.24, 2.45) is 5.92 Å². The van der Waals surface area contributed by atoms with Gasteiger partial charge < -0.3 is 4.74 Å². The Morgan fingerprint density at radius 1 is 1.64 bits per heavy atom. The van der Waals surface area contributed by atoms with Gasteiger partial charge in [-0.2, -0.15) is 8.42 Å². The Balaban J connectivity index is 2.50. The maximum absolute atomic E-state index is 12.1. The first kappa shape index (κ1) is 8.93. The zero-order valence-electron chi connectivity index (χ0n) is 6.29. The van der Waals surface area contributed by atoms with Crippen LogP contribution in [0.25, 0.3) is 0 Å². The van der Waals surface area contributed by atoms with Crippen LogP contribution in [-0.2, 0) is 15.0 Å². The van der Waals surface area contributed by atoms with Gasteiger partial charge in [-0.25, -0.2) is 0 Å². The first-order valence-electron chi connectivity index (χ1n) is 3.53. The highest BCUT2D eigenvalue weighted by Gasteiger charge is 2.28. The van der Waals surface area contributed by atoms with Gasteiger partial charge in [0.05, 0.1) is 6.10 Å². The van der Waals surface area contributed by atoms with Crippen LogP contribution in [0.4, 0.5) is 3.89 Å². The molecule has 1 fully saturated rings. The van der Waals surface area contributed by atoms with Crippen molar-refractivity contribution in [3.8, 4) is 0 Å². The lowest BCUT2D eigenvalue weighted by Crippen LogP contribution is -2.22. The molecule has 0 aromatic heterocycles. The van der Waals surface area contributed by atoms with Gasteiger partial charge in [0.1, 0.15) is 5.75 Å². The third-order valence-corrected chi connectivity index (χ3v) is 2.63. The van der Waals surface area contributed by atoms with Gasteiger partial charge in [0.2, 0.25) is 0 Å². The summed E-state index contributed by atoms with van der Waals surface area (Å²) in [4.78, 5) is 0. The Bertz CT molecular complexity index is 224. The van der Waals surface area contributed by atoms with Crippen LogP contribution in [0.3, 0.4) is 0 Å². The second-order valence-corrected chi connectivity index (χ2v) is 4.29. The number of ether oxygens (including phenoxy) is 1.